The predicted octanol–water partition coefficient (Wildman–Crippen LogP) is 0.509. The van der Waals surface area contributed by atoms with Crippen LogP contribution in [0.15, 0.2) is 0 Å². The highest BCUT2D eigenvalue weighted by Gasteiger charge is 2.23. The number of aliphatic hydroxyl groups is 1. The van der Waals surface area contributed by atoms with Crippen molar-refractivity contribution in [3.8, 4) is 0 Å². The highest BCUT2D eigenvalue weighted by molar-refractivity contribution is 5.79. The molecule has 1 amide bonds. The Morgan fingerprint density at radius 1 is 1.56 bits per heavy atom. The summed E-state index contributed by atoms with van der Waals surface area (Å²) < 4.78 is 0. The molecule has 1 heterocycles. The Morgan fingerprint density at radius 3 is 2.81 bits per heavy atom. The second-order valence-electron chi connectivity index (χ2n) is 5.06. The summed E-state index contributed by atoms with van der Waals surface area (Å²) >= 11 is 0. The minimum absolute atomic E-state index is 0.0318. The van der Waals surface area contributed by atoms with Gasteiger partial charge in [0, 0.05) is 6.54 Å². The van der Waals surface area contributed by atoms with Gasteiger partial charge in [0.15, 0.2) is 0 Å². The molecule has 0 spiro atoms. The average molecular weight is 228 g/mol. The molecular weight excluding hydrogens is 204 g/mol. The topological polar surface area (TPSA) is 61.4 Å². The van der Waals surface area contributed by atoms with Crippen LogP contribution in [0.2, 0.25) is 0 Å². The van der Waals surface area contributed by atoms with Gasteiger partial charge in [0.1, 0.15) is 0 Å². The van der Waals surface area contributed by atoms with Crippen molar-refractivity contribution in [3.05, 3.63) is 0 Å². The number of piperidine rings is 1. The zero-order valence-corrected chi connectivity index (χ0v) is 10.3. The van der Waals surface area contributed by atoms with Gasteiger partial charge in [0.05, 0.1) is 18.6 Å². The number of carbonyl (C=O) groups is 1. The lowest BCUT2D eigenvalue weighted by Gasteiger charge is -2.25. The van der Waals surface area contributed by atoms with Crippen LogP contribution in [0.1, 0.15) is 33.1 Å². The molecule has 4 heteroatoms. The summed E-state index contributed by atoms with van der Waals surface area (Å²) in [6, 6.07) is -0.0885. The highest BCUT2D eigenvalue weighted by Crippen LogP contribution is 2.11. The van der Waals surface area contributed by atoms with Crippen molar-refractivity contribution in [3.63, 3.8) is 0 Å². The molecular formula is C12H24N2O2. The maximum absolute atomic E-state index is 11.9. The monoisotopic (exact) mass is 228 g/mol. The van der Waals surface area contributed by atoms with Gasteiger partial charge in [-0.1, -0.05) is 13.8 Å². The maximum Gasteiger partial charge on any atom is 0.224 e. The number of hydrogen-bond donors (Lipinski definition) is 3. The first-order valence-corrected chi connectivity index (χ1v) is 6.25. The fraction of sp³-hybridized carbons (Fsp3) is 0.917. The van der Waals surface area contributed by atoms with Crippen molar-refractivity contribution in [2.24, 2.45) is 11.8 Å². The van der Waals surface area contributed by atoms with Crippen molar-refractivity contribution in [2.45, 2.75) is 39.2 Å². The van der Waals surface area contributed by atoms with E-state index in [1.54, 1.807) is 0 Å². The summed E-state index contributed by atoms with van der Waals surface area (Å²) in [4.78, 5) is 11.9. The van der Waals surface area contributed by atoms with Crippen LogP contribution in [0.4, 0.5) is 0 Å². The van der Waals surface area contributed by atoms with E-state index in [1.807, 2.05) is 0 Å². The van der Waals surface area contributed by atoms with Crippen molar-refractivity contribution in [1.29, 1.82) is 0 Å². The Morgan fingerprint density at radius 2 is 2.31 bits per heavy atom. The molecule has 1 aliphatic heterocycles. The van der Waals surface area contributed by atoms with E-state index in [2.05, 4.69) is 24.5 Å². The van der Waals surface area contributed by atoms with Crippen LogP contribution in [0, 0.1) is 11.8 Å². The van der Waals surface area contributed by atoms with Crippen molar-refractivity contribution < 1.29 is 9.90 Å². The summed E-state index contributed by atoms with van der Waals surface area (Å²) in [6.45, 7) is 6.00. The standard InChI is InChI=1S/C12H24N2O2/c1-9(2)6-11(8-15)14-12(16)10-4-3-5-13-7-10/h9-11,13,15H,3-8H2,1-2H3,(H,14,16). The molecule has 4 nitrogen and oxygen atoms in total. The Kier molecular flexibility index (Phi) is 5.77. The largest absolute Gasteiger partial charge is 0.394 e. The van der Waals surface area contributed by atoms with E-state index in [0.717, 1.165) is 32.4 Å². The minimum Gasteiger partial charge on any atom is -0.394 e. The van der Waals surface area contributed by atoms with Crippen molar-refractivity contribution >= 4 is 5.91 Å². The number of rotatable bonds is 5. The first-order valence-electron chi connectivity index (χ1n) is 6.25. The van der Waals surface area contributed by atoms with Gasteiger partial charge in [-0.25, -0.2) is 0 Å². The van der Waals surface area contributed by atoms with Gasteiger partial charge in [0.2, 0.25) is 5.91 Å². The Hall–Kier alpha value is -0.610. The molecule has 1 rings (SSSR count). The Bertz CT molecular complexity index is 213. The van der Waals surface area contributed by atoms with E-state index in [0.29, 0.717) is 5.92 Å². The van der Waals surface area contributed by atoms with Gasteiger partial charge in [-0.05, 0) is 31.7 Å². The molecule has 0 bridgehead atoms. The maximum atomic E-state index is 11.9. The van der Waals surface area contributed by atoms with Crippen LogP contribution in [0.5, 0.6) is 0 Å². The fourth-order valence-electron chi connectivity index (χ4n) is 2.14. The van der Waals surface area contributed by atoms with Gasteiger partial charge < -0.3 is 15.7 Å². The molecule has 0 aromatic heterocycles. The molecule has 1 fully saturated rings. The summed E-state index contributed by atoms with van der Waals surface area (Å²) in [5.41, 5.74) is 0. The Labute approximate surface area is 97.8 Å². The van der Waals surface area contributed by atoms with Gasteiger partial charge in [0.25, 0.3) is 0 Å². The zero-order valence-electron chi connectivity index (χ0n) is 10.3. The molecule has 1 aliphatic rings. The number of carbonyl (C=O) groups excluding carboxylic acids is 1. The average Bonchev–Trinajstić information content (AvgIpc) is 2.28. The van der Waals surface area contributed by atoms with E-state index in [4.69, 9.17) is 0 Å². The first-order chi connectivity index (χ1) is 7.63. The second kappa shape index (κ2) is 6.86. The molecule has 0 saturated carbocycles. The van der Waals surface area contributed by atoms with E-state index in [-0.39, 0.29) is 24.5 Å². The molecule has 16 heavy (non-hydrogen) atoms. The lowest BCUT2D eigenvalue weighted by molar-refractivity contribution is -0.126. The van der Waals surface area contributed by atoms with Gasteiger partial charge >= 0.3 is 0 Å². The second-order valence-corrected chi connectivity index (χ2v) is 5.06. The molecule has 0 aromatic carbocycles. The Balaban J connectivity index is 2.35. The number of nitrogens with one attached hydrogen (secondary N) is 2. The number of hydrogen-bond acceptors (Lipinski definition) is 3. The summed E-state index contributed by atoms with van der Waals surface area (Å²) in [6.07, 6.45) is 2.85. The molecule has 3 N–H and O–H groups in total. The summed E-state index contributed by atoms with van der Waals surface area (Å²) in [5.74, 6) is 0.656. The molecule has 2 unspecified atom stereocenters. The van der Waals surface area contributed by atoms with Crippen LogP contribution in [0.3, 0.4) is 0 Å². The van der Waals surface area contributed by atoms with Gasteiger partial charge in [-0.15, -0.1) is 0 Å². The lowest BCUT2D eigenvalue weighted by Crippen LogP contribution is -2.46. The number of amides is 1. The van der Waals surface area contributed by atoms with Crippen LogP contribution in [-0.4, -0.2) is 36.8 Å². The van der Waals surface area contributed by atoms with Crippen LogP contribution >= 0.6 is 0 Å². The third kappa shape index (κ3) is 4.49. The third-order valence-electron chi connectivity index (χ3n) is 2.99. The first kappa shape index (κ1) is 13.5. The minimum atomic E-state index is -0.0885. The van der Waals surface area contributed by atoms with Crippen LogP contribution < -0.4 is 10.6 Å². The smallest absolute Gasteiger partial charge is 0.224 e. The summed E-state index contributed by atoms with van der Waals surface area (Å²) in [7, 11) is 0. The van der Waals surface area contributed by atoms with Crippen LogP contribution in [0.25, 0.3) is 0 Å². The van der Waals surface area contributed by atoms with Gasteiger partial charge in [-0.3, -0.25) is 4.79 Å². The SMILES string of the molecule is CC(C)CC(CO)NC(=O)C1CCCNC1. The quantitative estimate of drug-likeness (QED) is 0.642. The normalized spacial score (nSPS) is 23.1. The van der Waals surface area contributed by atoms with E-state index in [1.165, 1.54) is 0 Å². The molecule has 0 aliphatic carbocycles. The van der Waals surface area contributed by atoms with Crippen molar-refractivity contribution in [2.75, 3.05) is 19.7 Å². The van der Waals surface area contributed by atoms with E-state index < -0.39 is 0 Å². The van der Waals surface area contributed by atoms with E-state index >= 15 is 0 Å². The molecule has 1 saturated heterocycles. The predicted molar refractivity (Wildman–Crippen MR) is 64.1 cm³/mol. The zero-order chi connectivity index (χ0) is 12.0. The van der Waals surface area contributed by atoms with Crippen molar-refractivity contribution in [1.82, 2.24) is 10.6 Å². The van der Waals surface area contributed by atoms with Gasteiger partial charge in [-0.2, -0.15) is 0 Å². The third-order valence-corrected chi connectivity index (χ3v) is 2.99. The molecule has 0 radical (unpaired) electrons. The lowest BCUT2D eigenvalue weighted by atomic mass is 9.97. The van der Waals surface area contributed by atoms with Crippen LogP contribution in [-0.2, 0) is 4.79 Å². The number of aliphatic hydroxyl groups excluding tert-OH is 1. The molecule has 94 valence electrons. The molecule has 2 atom stereocenters. The fourth-order valence-corrected chi connectivity index (χ4v) is 2.14. The highest BCUT2D eigenvalue weighted by atomic mass is 16.3. The molecule has 0 aromatic rings. The summed E-state index contributed by atoms with van der Waals surface area (Å²) in [5, 5.41) is 15.4. The van der Waals surface area contributed by atoms with E-state index in [9.17, 15) is 9.90 Å².